The maximum absolute atomic E-state index is 10.5. The van der Waals surface area contributed by atoms with Crippen LogP contribution < -0.4 is 0 Å². The van der Waals surface area contributed by atoms with Crippen LogP contribution in [0.5, 0.6) is 0 Å². The highest BCUT2D eigenvalue weighted by Crippen LogP contribution is 2.18. The van der Waals surface area contributed by atoms with Crippen LogP contribution in [-0.2, 0) is 4.79 Å². The van der Waals surface area contributed by atoms with E-state index >= 15 is 0 Å². The quantitative estimate of drug-likeness (QED) is 0.423. The molecule has 0 saturated heterocycles. The summed E-state index contributed by atoms with van der Waals surface area (Å²) in [6.07, 6.45) is 7.63. The summed E-state index contributed by atoms with van der Waals surface area (Å²) >= 11 is 0. The molecule has 0 aromatic rings. The number of rotatable bonds is 6. The SMILES string of the molecule is CC(C)=CCCC(C)/C(C)=C/C(C)=C/C(=O)O. The summed E-state index contributed by atoms with van der Waals surface area (Å²) in [6.45, 7) is 10.3. The van der Waals surface area contributed by atoms with Crippen molar-refractivity contribution in [1.82, 2.24) is 0 Å². The normalized spacial score (nSPS) is 14.4. The molecule has 17 heavy (non-hydrogen) atoms. The zero-order valence-electron chi connectivity index (χ0n) is 11.6. The van der Waals surface area contributed by atoms with Gasteiger partial charge in [-0.2, -0.15) is 0 Å². The molecule has 2 nitrogen and oxygen atoms in total. The number of allylic oxidation sites excluding steroid dienone is 5. The maximum atomic E-state index is 10.5. The van der Waals surface area contributed by atoms with Crippen molar-refractivity contribution in [2.24, 2.45) is 5.92 Å². The van der Waals surface area contributed by atoms with Crippen LogP contribution in [0, 0.1) is 5.92 Å². The lowest BCUT2D eigenvalue weighted by Gasteiger charge is -2.11. The Kier molecular flexibility index (Phi) is 7.27. The lowest BCUT2D eigenvalue weighted by molar-refractivity contribution is -0.131. The van der Waals surface area contributed by atoms with E-state index < -0.39 is 5.97 Å². The van der Waals surface area contributed by atoms with Gasteiger partial charge in [0.1, 0.15) is 0 Å². The van der Waals surface area contributed by atoms with Crippen molar-refractivity contribution in [3.8, 4) is 0 Å². The van der Waals surface area contributed by atoms with E-state index in [1.165, 1.54) is 17.2 Å². The number of carboxylic acid groups (broad SMARTS) is 1. The molecule has 0 rings (SSSR count). The lowest BCUT2D eigenvalue weighted by Crippen LogP contribution is -1.97. The van der Waals surface area contributed by atoms with Gasteiger partial charge in [0, 0.05) is 6.08 Å². The molecule has 0 aromatic carbocycles. The summed E-state index contributed by atoms with van der Waals surface area (Å²) in [5.41, 5.74) is 3.38. The Bertz CT molecular complexity index is 342. The van der Waals surface area contributed by atoms with Crippen LogP contribution in [0.1, 0.15) is 47.5 Å². The molecule has 0 spiro atoms. The second-order valence-electron chi connectivity index (χ2n) is 4.87. The third-order valence-corrected chi connectivity index (χ3v) is 2.74. The summed E-state index contributed by atoms with van der Waals surface area (Å²) in [7, 11) is 0. The highest BCUT2D eigenvalue weighted by atomic mass is 16.4. The predicted octanol–water partition coefficient (Wildman–Crippen LogP) is 4.35. The molecule has 0 saturated carbocycles. The molecule has 2 heteroatoms. The molecule has 0 radical (unpaired) electrons. The fourth-order valence-corrected chi connectivity index (χ4v) is 1.59. The Balaban J connectivity index is 4.39. The zero-order valence-corrected chi connectivity index (χ0v) is 11.6. The average molecular weight is 236 g/mol. The molecule has 0 aliphatic rings. The highest BCUT2D eigenvalue weighted by molar-refractivity contribution is 5.81. The standard InChI is InChI=1S/C15H24O2/c1-11(2)7-6-8-13(4)14(5)9-12(3)10-15(16)17/h7,9-10,13H,6,8H2,1-5H3,(H,16,17)/b12-10+,14-9+. The van der Waals surface area contributed by atoms with Gasteiger partial charge in [0.25, 0.3) is 0 Å². The zero-order chi connectivity index (χ0) is 13.4. The van der Waals surface area contributed by atoms with Gasteiger partial charge in [0.15, 0.2) is 0 Å². The molecule has 0 fully saturated rings. The van der Waals surface area contributed by atoms with Crippen molar-refractivity contribution in [1.29, 1.82) is 0 Å². The smallest absolute Gasteiger partial charge is 0.328 e. The van der Waals surface area contributed by atoms with E-state index in [-0.39, 0.29) is 0 Å². The molecule has 0 amide bonds. The van der Waals surface area contributed by atoms with Gasteiger partial charge in [-0.3, -0.25) is 0 Å². The summed E-state index contributed by atoms with van der Waals surface area (Å²) in [4.78, 5) is 10.5. The molecule has 0 aromatic heterocycles. The molecule has 1 atom stereocenters. The monoisotopic (exact) mass is 236 g/mol. The molecule has 0 aliphatic heterocycles. The van der Waals surface area contributed by atoms with Gasteiger partial charge >= 0.3 is 5.97 Å². The van der Waals surface area contributed by atoms with Crippen molar-refractivity contribution >= 4 is 5.97 Å². The van der Waals surface area contributed by atoms with Crippen LogP contribution in [0.2, 0.25) is 0 Å². The Morgan fingerprint density at radius 1 is 1.18 bits per heavy atom. The van der Waals surface area contributed by atoms with Crippen molar-refractivity contribution in [2.75, 3.05) is 0 Å². The van der Waals surface area contributed by atoms with Crippen LogP contribution >= 0.6 is 0 Å². The topological polar surface area (TPSA) is 37.3 Å². The fourth-order valence-electron chi connectivity index (χ4n) is 1.59. The van der Waals surface area contributed by atoms with Crippen molar-refractivity contribution in [3.05, 3.63) is 34.9 Å². The van der Waals surface area contributed by atoms with Crippen LogP contribution in [-0.4, -0.2) is 11.1 Å². The van der Waals surface area contributed by atoms with Gasteiger partial charge in [-0.15, -0.1) is 0 Å². The van der Waals surface area contributed by atoms with Crippen molar-refractivity contribution in [3.63, 3.8) is 0 Å². The van der Waals surface area contributed by atoms with Gasteiger partial charge in [0.2, 0.25) is 0 Å². The third kappa shape index (κ3) is 8.49. The molecule has 0 heterocycles. The second kappa shape index (κ2) is 7.88. The summed E-state index contributed by atoms with van der Waals surface area (Å²) in [5, 5.41) is 8.62. The second-order valence-corrected chi connectivity index (χ2v) is 4.87. The number of carboxylic acids is 1. The summed E-state index contributed by atoms with van der Waals surface area (Å²) < 4.78 is 0. The lowest BCUT2D eigenvalue weighted by atomic mass is 9.95. The first-order chi connectivity index (χ1) is 7.82. The van der Waals surface area contributed by atoms with E-state index in [0.717, 1.165) is 18.4 Å². The molecule has 0 aliphatic carbocycles. The Morgan fingerprint density at radius 2 is 1.76 bits per heavy atom. The van der Waals surface area contributed by atoms with E-state index in [1.54, 1.807) is 0 Å². The maximum Gasteiger partial charge on any atom is 0.328 e. The van der Waals surface area contributed by atoms with E-state index in [4.69, 9.17) is 5.11 Å². The van der Waals surface area contributed by atoms with Crippen LogP contribution in [0.25, 0.3) is 0 Å². The first kappa shape index (κ1) is 15.7. The summed E-state index contributed by atoms with van der Waals surface area (Å²) in [5.74, 6) is -0.397. The summed E-state index contributed by atoms with van der Waals surface area (Å²) in [6, 6.07) is 0. The first-order valence-corrected chi connectivity index (χ1v) is 6.05. The van der Waals surface area contributed by atoms with Crippen LogP contribution in [0.4, 0.5) is 0 Å². The number of carbonyl (C=O) groups is 1. The van der Waals surface area contributed by atoms with Gasteiger partial charge in [-0.1, -0.05) is 30.2 Å². The van der Waals surface area contributed by atoms with E-state index in [1.807, 2.05) is 13.0 Å². The molecule has 1 N–H and O–H groups in total. The Hall–Kier alpha value is -1.31. The largest absolute Gasteiger partial charge is 0.478 e. The third-order valence-electron chi connectivity index (χ3n) is 2.74. The molecule has 0 bridgehead atoms. The molecule has 96 valence electrons. The minimum Gasteiger partial charge on any atom is -0.478 e. The minimum atomic E-state index is -0.885. The first-order valence-electron chi connectivity index (χ1n) is 6.05. The minimum absolute atomic E-state index is 0.489. The highest BCUT2D eigenvalue weighted by Gasteiger charge is 2.03. The van der Waals surface area contributed by atoms with Gasteiger partial charge in [-0.05, 0) is 52.0 Å². The number of hydrogen-bond donors (Lipinski definition) is 1. The van der Waals surface area contributed by atoms with Crippen LogP contribution in [0.15, 0.2) is 34.9 Å². The average Bonchev–Trinajstić information content (AvgIpc) is 2.15. The molecular formula is C15H24O2. The predicted molar refractivity (Wildman–Crippen MR) is 73.0 cm³/mol. The van der Waals surface area contributed by atoms with Gasteiger partial charge in [-0.25, -0.2) is 4.79 Å². The molecule has 1 unspecified atom stereocenters. The van der Waals surface area contributed by atoms with Crippen molar-refractivity contribution in [2.45, 2.75) is 47.5 Å². The van der Waals surface area contributed by atoms with E-state index in [0.29, 0.717) is 5.92 Å². The number of hydrogen-bond acceptors (Lipinski definition) is 1. The fraction of sp³-hybridized carbons (Fsp3) is 0.533. The van der Waals surface area contributed by atoms with E-state index in [2.05, 4.69) is 33.8 Å². The van der Waals surface area contributed by atoms with Gasteiger partial charge in [0.05, 0.1) is 0 Å². The molecular weight excluding hydrogens is 212 g/mol. The van der Waals surface area contributed by atoms with Crippen molar-refractivity contribution < 1.29 is 9.90 Å². The Labute approximate surface area is 105 Å². The Morgan fingerprint density at radius 3 is 2.24 bits per heavy atom. The van der Waals surface area contributed by atoms with Crippen LogP contribution in [0.3, 0.4) is 0 Å². The van der Waals surface area contributed by atoms with E-state index in [9.17, 15) is 4.79 Å². The number of aliphatic carboxylic acids is 1. The van der Waals surface area contributed by atoms with Gasteiger partial charge < -0.3 is 5.11 Å².